The molecule has 25 heteroatoms. The normalized spacial score (nSPS) is 15.1. The summed E-state index contributed by atoms with van der Waals surface area (Å²) in [7, 11) is 0. The first-order valence-electron chi connectivity index (χ1n) is 10.3. The molecular weight excluding hydrogens is 710 g/mol. The third kappa shape index (κ3) is 5.96. The van der Waals surface area contributed by atoms with Gasteiger partial charge >= 0.3 is 49.4 Å². The lowest BCUT2D eigenvalue weighted by Gasteiger charge is -2.27. The van der Waals surface area contributed by atoms with E-state index in [-0.39, 0.29) is 4.98 Å². The van der Waals surface area contributed by atoms with Crippen molar-refractivity contribution in [2.75, 3.05) is 0 Å². The van der Waals surface area contributed by atoms with Crippen LogP contribution in [-0.2, 0) is 49.4 Å². The van der Waals surface area contributed by atoms with Crippen LogP contribution in [0.25, 0.3) is 21.8 Å². The maximum Gasteiger partial charge on any atom is 0.419 e. The van der Waals surface area contributed by atoms with Gasteiger partial charge in [0.2, 0.25) is 0 Å². The van der Waals surface area contributed by atoms with Gasteiger partial charge in [-0.3, -0.25) is 0 Å². The Bertz CT molecular complexity index is 1530. The van der Waals surface area contributed by atoms with Crippen molar-refractivity contribution >= 4 is 21.8 Å². The van der Waals surface area contributed by atoms with Gasteiger partial charge in [-0.25, -0.2) is 0 Å². The summed E-state index contributed by atoms with van der Waals surface area (Å²) in [6.07, 6.45) is -58.2. The van der Waals surface area contributed by atoms with Gasteiger partial charge in [0.05, 0.1) is 55.5 Å². The van der Waals surface area contributed by atoms with Crippen LogP contribution in [0.3, 0.4) is 0 Å². The molecule has 2 aromatic carbocycles. The van der Waals surface area contributed by atoms with E-state index in [4.69, 9.17) is 0 Å². The summed E-state index contributed by atoms with van der Waals surface area (Å²) in [4.78, 5) is 0.161. The Morgan fingerprint density at radius 1 is 0.222 bits per heavy atom. The van der Waals surface area contributed by atoms with E-state index in [0.29, 0.717) is 0 Å². The molecule has 0 radical (unpaired) electrons. The van der Waals surface area contributed by atoms with Gasteiger partial charge in [-0.05, 0) is 0 Å². The molecule has 1 aromatic heterocycles. The maximum atomic E-state index is 14.0. The standard InChI is InChI=1S/C20HF24N/c21-13(22,23)3-1-2-4(14(24,25)26)6(16(30,31)32)8(18(36,37)38)10(20(42,43)44)12(2)45-11(1)9(19(39,40)41)7(17(33,34)35)5(3)15(27,28)29/h45H. The highest BCUT2D eigenvalue weighted by molar-refractivity contribution is 6.15. The minimum absolute atomic E-state index is 0.161. The summed E-state index contributed by atoms with van der Waals surface area (Å²) in [6, 6.07) is 0. The molecule has 0 aliphatic carbocycles. The van der Waals surface area contributed by atoms with Crippen LogP contribution in [0.15, 0.2) is 0 Å². The number of aromatic nitrogens is 1. The lowest BCUT2D eigenvalue weighted by Crippen LogP contribution is -2.28. The molecule has 3 aromatic rings. The topological polar surface area (TPSA) is 15.8 Å². The Balaban J connectivity index is 3.25. The van der Waals surface area contributed by atoms with E-state index in [1.807, 2.05) is 0 Å². The number of nitrogens with one attached hydrogen (secondary N) is 1. The van der Waals surface area contributed by atoms with Crippen LogP contribution in [0.4, 0.5) is 105 Å². The molecule has 0 saturated carbocycles. The van der Waals surface area contributed by atoms with Crippen molar-refractivity contribution in [3.63, 3.8) is 0 Å². The van der Waals surface area contributed by atoms with Crippen molar-refractivity contribution < 1.29 is 105 Å². The van der Waals surface area contributed by atoms with Gasteiger partial charge in [0.15, 0.2) is 0 Å². The van der Waals surface area contributed by atoms with Gasteiger partial charge in [-0.15, -0.1) is 0 Å². The third-order valence-electron chi connectivity index (χ3n) is 5.77. The highest BCUT2D eigenvalue weighted by Gasteiger charge is 2.60. The maximum absolute atomic E-state index is 14.0. The minimum Gasteiger partial charge on any atom is -0.353 e. The predicted octanol–water partition coefficient (Wildman–Crippen LogP) is 11.5. The molecule has 0 fully saturated rings. The molecule has 1 N–H and O–H groups in total. The zero-order valence-electron chi connectivity index (χ0n) is 19.6. The van der Waals surface area contributed by atoms with Crippen molar-refractivity contribution in [2.24, 2.45) is 0 Å². The number of benzene rings is 2. The SMILES string of the molecule is FC(F)(F)c1c(C(F)(F)F)c(C(F)(F)F)c2c([nH]c3c(C(F)(F)F)c(C(F)(F)F)c(C(F)(F)F)c(C(F)(F)F)c32)c1C(F)(F)F. The van der Waals surface area contributed by atoms with Gasteiger partial charge < -0.3 is 4.98 Å². The lowest BCUT2D eigenvalue weighted by molar-refractivity contribution is -0.181. The molecule has 0 atom stereocenters. The second-order valence-corrected chi connectivity index (χ2v) is 8.61. The van der Waals surface area contributed by atoms with Crippen LogP contribution >= 0.6 is 0 Å². The second kappa shape index (κ2) is 9.54. The minimum atomic E-state index is -7.38. The van der Waals surface area contributed by atoms with Gasteiger partial charge in [0, 0.05) is 10.8 Å². The van der Waals surface area contributed by atoms with E-state index >= 15 is 0 Å². The van der Waals surface area contributed by atoms with Crippen LogP contribution < -0.4 is 0 Å². The van der Waals surface area contributed by atoms with Crippen molar-refractivity contribution in [2.45, 2.75) is 49.4 Å². The van der Waals surface area contributed by atoms with Crippen LogP contribution in [0.5, 0.6) is 0 Å². The average molecular weight is 711 g/mol. The van der Waals surface area contributed by atoms with Crippen molar-refractivity contribution in [1.82, 2.24) is 4.98 Å². The van der Waals surface area contributed by atoms with Crippen molar-refractivity contribution in [3.05, 3.63) is 44.5 Å². The first-order chi connectivity index (χ1) is 19.5. The molecule has 0 unspecified atom stereocenters. The zero-order chi connectivity index (χ0) is 35.6. The number of hydrogen-bond donors (Lipinski definition) is 1. The summed E-state index contributed by atoms with van der Waals surface area (Å²) >= 11 is 0. The van der Waals surface area contributed by atoms with Crippen LogP contribution in [-0.4, -0.2) is 4.98 Å². The fourth-order valence-electron chi connectivity index (χ4n) is 4.64. The predicted molar refractivity (Wildman–Crippen MR) is 95.8 cm³/mol. The van der Waals surface area contributed by atoms with Crippen LogP contribution in [0.2, 0.25) is 0 Å². The summed E-state index contributed by atoms with van der Waals surface area (Å²) in [5, 5.41) is -7.36. The van der Waals surface area contributed by atoms with E-state index in [2.05, 4.69) is 0 Å². The van der Waals surface area contributed by atoms with Gasteiger partial charge in [-0.2, -0.15) is 105 Å². The Kier molecular flexibility index (Phi) is 7.64. The lowest BCUT2D eigenvalue weighted by atomic mass is 9.85. The second-order valence-electron chi connectivity index (χ2n) is 8.61. The fraction of sp³-hybridized carbons (Fsp3) is 0.400. The Morgan fingerprint density at radius 3 is 0.533 bits per heavy atom. The summed E-state index contributed by atoms with van der Waals surface area (Å²) in [5.74, 6) is 0. The monoisotopic (exact) mass is 711 g/mol. The first-order valence-corrected chi connectivity index (χ1v) is 10.3. The number of rotatable bonds is 0. The smallest absolute Gasteiger partial charge is 0.353 e. The molecule has 0 aliphatic heterocycles. The third-order valence-corrected chi connectivity index (χ3v) is 5.77. The van der Waals surface area contributed by atoms with Crippen LogP contribution in [0, 0.1) is 0 Å². The van der Waals surface area contributed by atoms with Crippen molar-refractivity contribution in [3.8, 4) is 0 Å². The summed E-state index contributed by atoms with van der Waals surface area (Å²) in [5.41, 5.74) is -41.9. The quantitative estimate of drug-likeness (QED) is 0.224. The van der Waals surface area contributed by atoms with E-state index in [1.54, 1.807) is 0 Å². The van der Waals surface area contributed by atoms with E-state index in [0.717, 1.165) is 0 Å². The highest BCUT2D eigenvalue weighted by Crippen LogP contribution is 2.60. The van der Waals surface area contributed by atoms with E-state index in [1.165, 1.54) is 0 Å². The average Bonchev–Trinajstić information content (AvgIpc) is 3.08. The van der Waals surface area contributed by atoms with Gasteiger partial charge in [0.25, 0.3) is 0 Å². The molecule has 0 bridgehead atoms. The van der Waals surface area contributed by atoms with Crippen LogP contribution in [0.1, 0.15) is 44.5 Å². The molecule has 0 aliphatic rings. The molecule has 0 amide bonds. The summed E-state index contributed by atoms with van der Waals surface area (Å²) in [6.45, 7) is 0. The number of aromatic amines is 1. The van der Waals surface area contributed by atoms with E-state index in [9.17, 15) is 105 Å². The molecule has 254 valence electrons. The number of hydrogen-bond acceptors (Lipinski definition) is 0. The molecule has 1 heterocycles. The Morgan fingerprint density at radius 2 is 0.378 bits per heavy atom. The Labute approximate surface area is 227 Å². The van der Waals surface area contributed by atoms with Gasteiger partial charge in [-0.1, -0.05) is 0 Å². The number of H-pyrrole nitrogens is 1. The largest absolute Gasteiger partial charge is 0.419 e. The number of fused-ring (bicyclic) bond motifs is 3. The molecule has 0 spiro atoms. The van der Waals surface area contributed by atoms with Crippen molar-refractivity contribution in [1.29, 1.82) is 0 Å². The fourth-order valence-corrected chi connectivity index (χ4v) is 4.64. The first kappa shape index (κ1) is 36.0. The molecular formula is C20HF24N. The van der Waals surface area contributed by atoms with Gasteiger partial charge in [0.1, 0.15) is 0 Å². The van der Waals surface area contributed by atoms with E-state index < -0.39 is 116 Å². The molecule has 3 rings (SSSR count). The Hall–Kier alpha value is -3.44. The number of halogens is 24. The molecule has 0 saturated heterocycles. The summed E-state index contributed by atoms with van der Waals surface area (Å²) < 4.78 is 332. The molecule has 45 heavy (non-hydrogen) atoms. The molecule has 1 nitrogen and oxygen atoms in total. The number of alkyl halides is 24. The zero-order valence-corrected chi connectivity index (χ0v) is 19.6. The highest BCUT2D eigenvalue weighted by atomic mass is 19.4.